The van der Waals surface area contributed by atoms with Gasteiger partial charge in [-0.05, 0) is 37.1 Å². The number of esters is 1. The van der Waals surface area contributed by atoms with Gasteiger partial charge in [-0.3, -0.25) is 9.59 Å². The summed E-state index contributed by atoms with van der Waals surface area (Å²) in [7, 11) is 1.45. The monoisotopic (exact) mass is 531 g/mol. The second kappa shape index (κ2) is 10.1. The van der Waals surface area contributed by atoms with Gasteiger partial charge < -0.3 is 9.47 Å². The Labute approximate surface area is 204 Å². The lowest BCUT2D eigenvalue weighted by Crippen LogP contribution is -2.25. The predicted molar refractivity (Wildman–Crippen MR) is 132 cm³/mol. The Bertz CT molecular complexity index is 1300. The molecule has 172 valence electrons. The number of methoxy groups -OCH3 is 1. The van der Waals surface area contributed by atoms with Gasteiger partial charge in [0.1, 0.15) is 5.82 Å². The molecule has 0 aliphatic heterocycles. The van der Waals surface area contributed by atoms with Crippen LogP contribution in [0, 0.1) is 0 Å². The van der Waals surface area contributed by atoms with Gasteiger partial charge in [-0.1, -0.05) is 46.8 Å². The first-order chi connectivity index (χ1) is 15.9. The lowest BCUT2D eigenvalue weighted by molar-refractivity contribution is -0.132. The van der Waals surface area contributed by atoms with Crippen LogP contribution in [0.1, 0.15) is 56.3 Å². The molecule has 0 bridgehead atoms. The third-order valence-corrected chi connectivity index (χ3v) is 6.34. The average molecular weight is 533 g/mol. The van der Waals surface area contributed by atoms with Crippen LogP contribution in [-0.4, -0.2) is 29.0 Å². The topological polar surface area (TPSA) is 82.8 Å². The van der Waals surface area contributed by atoms with Gasteiger partial charge in [0.05, 0.1) is 24.2 Å². The fourth-order valence-electron chi connectivity index (χ4n) is 4.11. The normalized spacial score (nSPS) is 14.7. The van der Waals surface area contributed by atoms with Crippen molar-refractivity contribution in [3.8, 4) is 11.5 Å². The van der Waals surface area contributed by atoms with Crippen molar-refractivity contribution in [2.24, 2.45) is 5.10 Å². The second-order valence-corrected chi connectivity index (χ2v) is 9.30. The smallest absolute Gasteiger partial charge is 0.308 e. The van der Waals surface area contributed by atoms with Crippen LogP contribution in [0.25, 0.3) is 10.9 Å². The highest BCUT2D eigenvalue weighted by atomic mass is 79.9. The maximum Gasteiger partial charge on any atom is 0.308 e. The van der Waals surface area contributed by atoms with E-state index in [9.17, 15) is 9.59 Å². The number of ether oxygens (including phenoxy) is 2. The largest absolute Gasteiger partial charge is 0.493 e. The highest BCUT2D eigenvalue weighted by molar-refractivity contribution is 9.10. The van der Waals surface area contributed by atoms with E-state index in [-0.39, 0.29) is 17.2 Å². The lowest BCUT2D eigenvalue weighted by atomic mass is 9.88. The molecular weight excluding hydrogens is 510 g/mol. The van der Waals surface area contributed by atoms with Crippen molar-refractivity contribution in [1.29, 1.82) is 0 Å². The fraction of sp³-hybridized carbons (Fsp3) is 0.333. The van der Waals surface area contributed by atoms with E-state index in [1.807, 2.05) is 12.1 Å². The third kappa shape index (κ3) is 5.12. The highest BCUT2D eigenvalue weighted by Gasteiger charge is 2.23. The summed E-state index contributed by atoms with van der Waals surface area (Å²) >= 11 is 9.66. The molecule has 1 saturated carbocycles. The number of rotatable bonds is 5. The number of carbonyl (C=O) groups is 1. The summed E-state index contributed by atoms with van der Waals surface area (Å²) in [5, 5.41) is 5.35. The number of fused-ring (bicyclic) bond motifs is 1. The molecule has 1 fully saturated rings. The Morgan fingerprint density at radius 2 is 2.00 bits per heavy atom. The van der Waals surface area contributed by atoms with E-state index in [0.29, 0.717) is 33.1 Å². The van der Waals surface area contributed by atoms with E-state index in [2.05, 4.69) is 21.0 Å². The van der Waals surface area contributed by atoms with Gasteiger partial charge in [0.15, 0.2) is 11.5 Å². The molecule has 0 atom stereocenters. The van der Waals surface area contributed by atoms with Crippen LogP contribution >= 0.6 is 27.5 Å². The van der Waals surface area contributed by atoms with E-state index < -0.39 is 5.97 Å². The quantitative estimate of drug-likeness (QED) is 0.240. The summed E-state index contributed by atoms with van der Waals surface area (Å²) in [5.41, 5.74) is 0.784. The molecule has 0 saturated heterocycles. The van der Waals surface area contributed by atoms with Crippen molar-refractivity contribution >= 4 is 50.6 Å². The first-order valence-electron chi connectivity index (χ1n) is 10.7. The molecule has 9 heteroatoms. The maximum atomic E-state index is 13.5. The molecule has 7 nitrogen and oxygen atoms in total. The number of hydrogen-bond donors (Lipinski definition) is 0. The number of aromatic nitrogens is 2. The van der Waals surface area contributed by atoms with Gasteiger partial charge in [-0.25, -0.2) is 4.98 Å². The molecule has 1 heterocycles. The number of halogens is 2. The van der Waals surface area contributed by atoms with E-state index in [4.69, 9.17) is 26.1 Å². The molecule has 0 amide bonds. The van der Waals surface area contributed by atoms with Crippen LogP contribution in [0.2, 0.25) is 5.02 Å². The molecular formula is C24H23BrClN3O4. The molecule has 1 aliphatic carbocycles. The maximum absolute atomic E-state index is 13.5. The van der Waals surface area contributed by atoms with Gasteiger partial charge >= 0.3 is 5.97 Å². The highest BCUT2D eigenvalue weighted by Crippen LogP contribution is 2.35. The van der Waals surface area contributed by atoms with Gasteiger partial charge in [0.2, 0.25) is 0 Å². The van der Waals surface area contributed by atoms with Crippen LogP contribution in [0.5, 0.6) is 11.5 Å². The second-order valence-electron chi connectivity index (χ2n) is 7.95. The molecule has 0 N–H and O–H groups in total. The predicted octanol–water partition coefficient (Wildman–Crippen LogP) is 5.68. The Kier molecular flexibility index (Phi) is 7.14. The number of nitrogens with zero attached hydrogens (tertiary/aromatic N) is 3. The summed E-state index contributed by atoms with van der Waals surface area (Å²) in [4.78, 5) is 30.0. The summed E-state index contributed by atoms with van der Waals surface area (Å²) < 4.78 is 12.8. The van der Waals surface area contributed by atoms with Gasteiger partial charge in [0.25, 0.3) is 5.56 Å². The van der Waals surface area contributed by atoms with E-state index in [1.165, 1.54) is 31.3 Å². The molecule has 33 heavy (non-hydrogen) atoms. The number of benzene rings is 2. The van der Waals surface area contributed by atoms with Gasteiger partial charge in [-0.15, -0.1) is 0 Å². The van der Waals surface area contributed by atoms with Crippen molar-refractivity contribution in [2.75, 3.05) is 7.11 Å². The van der Waals surface area contributed by atoms with Crippen LogP contribution in [0.15, 0.2) is 44.7 Å². The van der Waals surface area contributed by atoms with Crippen LogP contribution < -0.4 is 15.0 Å². The average Bonchev–Trinajstić information content (AvgIpc) is 2.80. The number of hydrogen-bond acceptors (Lipinski definition) is 6. The van der Waals surface area contributed by atoms with Crippen LogP contribution in [-0.2, 0) is 4.79 Å². The summed E-state index contributed by atoms with van der Waals surface area (Å²) in [6.45, 7) is 1.30. The molecule has 0 unspecified atom stereocenters. The van der Waals surface area contributed by atoms with E-state index in [1.54, 1.807) is 18.2 Å². The summed E-state index contributed by atoms with van der Waals surface area (Å²) in [6, 6.07) is 8.60. The fourth-order valence-corrected chi connectivity index (χ4v) is 4.69. The zero-order valence-corrected chi connectivity index (χ0v) is 20.6. The SMILES string of the molecule is COc1cc(Cl)cc(C=Nn2c(C3CCCCC3)nc3ccc(Br)cc3c2=O)c1OC(C)=O. The molecule has 2 aromatic carbocycles. The molecule has 3 aromatic rings. The first-order valence-corrected chi connectivity index (χ1v) is 11.9. The molecule has 0 radical (unpaired) electrons. The Morgan fingerprint density at radius 1 is 1.24 bits per heavy atom. The Morgan fingerprint density at radius 3 is 2.70 bits per heavy atom. The zero-order chi connectivity index (χ0) is 23.5. The van der Waals surface area contributed by atoms with Crippen molar-refractivity contribution < 1.29 is 14.3 Å². The third-order valence-electron chi connectivity index (χ3n) is 5.63. The molecule has 1 aliphatic rings. The minimum atomic E-state index is -0.512. The van der Waals surface area contributed by atoms with E-state index in [0.717, 1.165) is 30.2 Å². The first kappa shape index (κ1) is 23.4. The summed E-state index contributed by atoms with van der Waals surface area (Å²) in [5.74, 6) is 0.733. The number of carbonyl (C=O) groups excluding carboxylic acids is 1. The van der Waals surface area contributed by atoms with Crippen LogP contribution in [0.3, 0.4) is 0 Å². The van der Waals surface area contributed by atoms with Crippen molar-refractivity contribution in [3.05, 3.63) is 61.6 Å². The lowest BCUT2D eigenvalue weighted by Gasteiger charge is -2.22. The van der Waals surface area contributed by atoms with Crippen molar-refractivity contribution in [3.63, 3.8) is 0 Å². The van der Waals surface area contributed by atoms with Crippen molar-refractivity contribution in [1.82, 2.24) is 9.66 Å². The zero-order valence-electron chi connectivity index (χ0n) is 18.3. The standard InChI is InChI=1S/C24H23BrClN3O4/c1-14(30)33-22-16(10-18(26)12-21(22)32-2)13-27-29-23(15-6-4-3-5-7-15)28-20-9-8-17(25)11-19(20)24(29)31/h8-13,15H,3-7H2,1-2H3. The van der Waals surface area contributed by atoms with Crippen molar-refractivity contribution in [2.45, 2.75) is 44.9 Å². The van der Waals surface area contributed by atoms with Crippen LogP contribution in [0.4, 0.5) is 0 Å². The van der Waals surface area contributed by atoms with Gasteiger partial charge in [-0.2, -0.15) is 9.78 Å². The Balaban J connectivity index is 1.89. The Hall–Kier alpha value is -2.71. The van der Waals surface area contributed by atoms with E-state index >= 15 is 0 Å². The molecule has 0 spiro atoms. The minimum absolute atomic E-state index is 0.137. The van der Waals surface area contributed by atoms with Gasteiger partial charge in [0, 0.05) is 34.0 Å². The molecule has 4 rings (SSSR count). The minimum Gasteiger partial charge on any atom is -0.493 e. The summed E-state index contributed by atoms with van der Waals surface area (Å²) in [6.07, 6.45) is 6.71. The molecule has 1 aromatic heterocycles.